The van der Waals surface area contributed by atoms with Crippen LogP contribution in [0.5, 0.6) is 0 Å². The molecule has 2 rings (SSSR count). The smallest absolute Gasteiger partial charge is 0.0437 e. The molecule has 0 saturated carbocycles. The molecule has 0 unspecified atom stereocenters. The van der Waals surface area contributed by atoms with Gasteiger partial charge in [0, 0.05) is 34.8 Å². The van der Waals surface area contributed by atoms with Gasteiger partial charge in [-0.05, 0) is 35.9 Å². The molecular formula is C17H20Br2N2. The van der Waals surface area contributed by atoms with Gasteiger partial charge in [-0.3, -0.25) is 0 Å². The van der Waals surface area contributed by atoms with Crippen LogP contribution in [0.2, 0.25) is 0 Å². The molecule has 0 aromatic heterocycles. The molecule has 0 saturated heterocycles. The third kappa shape index (κ3) is 4.56. The maximum atomic E-state index is 3.67. The molecule has 0 heterocycles. The largest absolute Gasteiger partial charge is 0.370 e. The van der Waals surface area contributed by atoms with E-state index in [0.717, 1.165) is 28.6 Å². The SMILES string of the molecule is CCNCc1ccc(N(C)Cc2ccccc2Br)cc1Br. The molecule has 21 heavy (non-hydrogen) atoms. The summed E-state index contributed by atoms with van der Waals surface area (Å²) >= 11 is 7.28. The minimum absolute atomic E-state index is 0.875. The van der Waals surface area contributed by atoms with Gasteiger partial charge in [-0.15, -0.1) is 0 Å². The zero-order valence-corrected chi connectivity index (χ0v) is 15.5. The fraction of sp³-hybridized carbons (Fsp3) is 0.294. The Balaban J connectivity index is 2.11. The molecule has 0 spiro atoms. The number of anilines is 1. The molecule has 2 nitrogen and oxygen atoms in total. The molecule has 0 bridgehead atoms. The minimum atomic E-state index is 0.875. The van der Waals surface area contributed by atoms with E-state index in [9.17, 15) is 0 Å². The number of hydrogen-bond donors (Lipinski definition) is 1. The first kappa shape index (κ1) is 16.5. The van der Waals surface area contributed by atoms with Gasteiger partial charge in [0.1, 0.15) is 0 Å². The maximum Gasteiger partial charge on any atom is 0.0437 e. The summed E-state index contributed by atoms with van der Waals surface area (Å²) in [5, 5.41) is 3.35. The Morgan fingerprint density at radius 2 is 1.76 bits per heavy atom. The summed E-state index contributed by atoms with van der Waals surface area (Å²) in [5.41, 5.74) is 3.78. The summed E-state index contributed by atoms with van der Waals surface area (Å²) < 4.78 is 2.31. The van der Waals surface area contributed by atoms with Crippen LogP contribution in [0.15, 0.2) is 51.4 Å². The van der Waals surface area contributed by atoms with Crippen molar-refractivity contribution in [1.82, 2.24) is 5.32 Å². The van der Waals surface area contributed by atoms with Crippen LogP contribution in [-0.2, 0) is 13.1 Å². The van der Waals surface area contributed by atoms with E-state index >= 15 is 0 Å². The van der Waals surface area contributed by atoms with Gasteiger partial charge in [-0.1, -0.05) is 63.0 Å². The molecule has 2 aromatic carbocycles. The number of benzene rings is 2. The Labute approximate surface area is 143 Å². The van der Waals surface area contributed by atoms with E-state index in [1.165, 1.54) is 16.8 Å². The lowest BCUT2D eigenvalue weighted by molar-refractivity contribution is 0.724. The highest BCUT2D eigenvalue weighted by Gasteiger charge is 2.07. The van der Waals surface area contributed by atoms with Gasteiger partial charge in [0.2, 0.25) is 0 Å². The first-order valence-corrected chi connectivity index (χ1v) is 8.64. The fourth-order valence-corrected chi connectivity index (χ4v) is 3.07. The standard InChI is InChI=1S/C17H20Br2N2/c1-3-20-11-13-8-9-15(10-17(13)19)21(2)12-14-6-4-5-7-16(14)18/h4-10,20H,3,11-12H2,1-2H3. The van der Waals surface area contributed by atoms with E-state index in [1.54, 1.807) is 0 Å². The number of rotatable bonds is 6. The van der Waals surface area contributed by atoms with E-state index in [-0.39, 0.29) is 0 Å². The predicted octanol–water partition coefficient (Wildman–Crippen LogP) is 4.96. The van der Waals surface area contributed by atoms with E-state index in [2.05, 4.69) is 92.4 Å². The lowest BCUT2D eigenvalue weighted by Gasteiger charge is -2.21. The average Bonchev–Trinajstić information content (AvgIpc) is 2.48. The van der Waals surface area contributed by atoms with Crippen molar-refractivity contribution in [3.05, 3.63) is 62.5 Å². The fourth-order valence-electron chi connectivity index (χ4n) is 2.15. The molecule has 0 atom stereocenters. The lowest BCUT2D eigenvalue weighted by Crippen LogP contribution is -2.17. The molecule has 0 aliphatic rings. The van der Waals surface area contributed by atoms with Crippen molar-refractivity contribution in [3.8, 4) is 0 Å². The molecule has 112 valence electrons. The number of hydrogen-bond acceptors (Lipinski definition) is 2. The van der Waals surface area contributed by atoms with Gasteiger partial charge in [-0.2, -0.15) is 0 Å². The van der Waals surface area contributed by atoms with Crippen LogP contribution in [0.3, 0.4) is 0 Å². The van der Waals surface area contributed by atoms with Crippen molar-refractivity contribution >= 4 is 37.5 Å². The maximum absolute atomic E-state index is 3.67. The second kappa shape index (κ2) is 7.97. The summed E-state index contributed by atoms with van der Waals surface area (Å²) in [5.74, 6) is 0. The van der Waals surface area contributed by atoms with Gasteiger partial charge >= 0.3 is 0 Å². The lowest BCUT2D eigenvalue weighted by atomic mass is 10.1. The van der Waals surface area contributed by atoms with Crippen LogP contribution < -0.4 is 10.2 Å². The molecule has 0 aliphatic carbocycles. The highest BCUT2D eigenvalue weighted by molar-refractivity contribution is 9.10. The first-order valence-electron chi connectivity index (χ1n) is 7.05. The second-order valence-electron chi connectivity index (χ2n) is 5.00. The highest BCUT2D eigenvalue weighted by Crippen LogP contribution is 2.26. The zero-order chi connectivity index (χ0) is 15.2. The molecule has 0 aliphatic heterocycles. The van der Waals surface area contributed by atoms with Crippen LogP contribution in [0, 0.1) is 0 Å². The van der Waals surface area contributed by atoms with Crippen LogP contribution in [0.25, 0.3) is 0 Å². The second-order valence-corrected chi connectivity index (χ2v) is 6.71. The van der Waals surface area contributed by atoms with Crippen LogP contribution in [0.4, 0.5) is 5.69 Å². The predicted molar refractivity (Wildman–Crippen MR) is 97.8 cm³/mol. The normalized spacial score (nSPS) is 10.7. The Bertz CT molecular complexity index is 599. The monoisotopic (exact) mass is 410 g/mol. The Kier molecular flexibility index (Phi) is 6.27. The molecule has 4 heteroatoms. The number of halogens is 2. The van der Waals surface area contributed by atoms with Gasteiger partial charge in [-0.25, -0.2) is 0 Å². The minimum Gasteiger partial charge on any atom is -0.370 e. The van der Waals surface area contributed by atoms with Gasteiger partial charge in [0.15, 0.2) is 0 Å². The molecule has 0 amide bonds. The number of nitrogens with zero attached hydrogens (tertiary/aromatic N) is 1. The van der Waals surface area contributed by atoms with Crippen molar-refractivity contribution in [2.75, 3.05) is 18.5 Å². The third-order valence-electron chi connectivity index (χ3n) is 3.41. The Hall–Kier alpha value is -0.840. The average molecular weight is 412 g/mol. The highest BCUT2D eigenvalue weighted by atomic mass is 79.9. The molecule has 0 radical (unpaired) electrons. The van der Waals surface area contributed by atoms with E-state index in [0.29, 0.717) is 0 Å². The van der Waals surface area contributed by atoms with Crippen molar-refractivity contribution in [1.29, 1.82) is 0 Å². The third-order valence-corrected chi connectivity index (χ3v) is 4.92. The zero-order valence-electron chi connectivity index (χ0n) is 12.4. The first-order chi connectivity index (χ1) is 10.1. The topological polar surface area (TPSA) is 15.3 Å². The molecular weight excluding hydrogens is 392 g/mol. The Morgan fingerprint density at radius 3 is 2.43 bits per heavy atom. The van der Waals surface area contributed by atoms with Crippen molar-refractivity contribution < 1.29 is 0 Å². The summed E-state index contributed by atoms with van der Waals surface area (Å²) in [6.45, 7) is 4.87. The summed E-state index contributed by atoms with van der Waals surface area (Å²) in [6.07, 6.45) is 0. The van der Waals surface area contributed by atoms with E-state index in [1.807, 2.05) is 6.07 Å². The molecule has 2 aromatic rings. The van der Waals surface area contributed by atoms with E-state index in [4.69, 9.17) is 0 Å². The van der Waals surface area contributed by atoms with Crippen molar-refractivity contribution in [2.24, 2.45) is 0 Å². The summed E-state index contributed by atoms with van der Waals surface area (Å²) in [4.78, 5) is 2.25. The summed E-state index contributed by atoms with van der Waals surface area (Å²) in [6, 6.07) is 14.9. The van der Waals surface area contributed by atoms with Crippen molar-refractivity contribution in [3.63, 3.8) is 0 Å². The quantitative estimate of drug-likeness (QED) is 0.722. The van der Waals surface area contributed by atoms with Crippen LogP contribution >= 0.6 is 31.9 Å². The number of nitrogens with one attached hydrogen (secondary N) is 1. The molecule has 1 N–H and O–H groups in total. The summed E-state index contributed by atoms with van der Waals surface area (Å²) in [7, 11) is 2.12. The van der Waals surface area contributed by atoms with E-state index < -0.39 is 0 Å². The van der Waals surface area contributed by atoms with Gasteiger partial charge in [0.25, 0.3) is 0 Å². The van der Waals surface area contributed by atoms with Crippen LogP contribution in [-0.4, -0.2) is 13.6 Å². The Morgan fingerprint density at radius 1 is 1.00 bits per heavy atom. The van der Waals surface area contributed by atoms with Gasteiger partial charge in [0.05, 0.1) is 0 Å². The van der Waals surface area contributed by atoms with Crippen molar-refractivity contribution in [2.45, 2.75) is 20.0 Å². The van der Waals surface area contributed by atoms with Gasteiger partial charge < -0.3 is 10.2 Å². The van der Waals surface area contributed by atoms with Crippen LogP contribution in [0.1, 0.15) is 18.1 Å². The molecule has 0 fully saturated rings.